The van der Waals surface area contributed by atoms with Crippen LogP contribution >= 0.6 is 27.5 Å². The van der Waals surface area contributed by atoms with E-state index < -0.39 is 5.91 Å². The van der Waals surface area contributed by atoms with Gasteiger partial charge in [0.25, 0.3) is 5.91 Å². The molecule has 3 nitrogen and oxygen atoms in total. The molecule has 2 rings (SSSR count). The van der Waals surface area contributed by atoms with Gasteiger partial charge in [-0.25, -0.2) is 0 Å². The standard InChI is InChI=1S/C14H11BrClNO2/c15-10-3-1-9(2-4-10)8-19-13-6-5-11(16)7-12(13)14(17)18/h1-7H,8H2,(H2,17,18). The molecule has 0 heterocycles. The number of primary amides is 1. The van der Waals surface area contributed by atoms with Crippen LogP contribution in [0.1, 0.15) is 15.9 Å². The van der Waals surface area contributed by atoms with Gasteiger partial charge in [0.15, 0.2) is 0 Å². The summed E-state index contributed by atoms with van der Waals surface area (Å²) in [5.41, 5.74) is 6.56. The lowest BCUT2D eigenvalue weighted by atomic mass is 10.2. The fourth-order valence-electron chi connectivity index (χ4n) is 1.56. The van der Waals surface area contributed by atoms with E-state index in [-0.39, 0.29) is 5.56 Å². The molecule has 19 heavy (non-hydrogen) atoms. The molecule has 1 amide bonds. The highest BCUT2D eigenvalue weighted by Gasteiger charge is 2.10. The summed E-state index contributed by atoms with van der Waals surface area (Å²) in [6.07, 6.45) is 0. The number of nitrogens with two attached hydrogens (primary N) is 1. The van der Waals surface area contributed by atoms with Gasteiger partial charge in [-0.1, -0.05) is 39.7 Å². The van der Waals surface area contributed by atoms with Crippen LogP contribution in [0.2, 0.25) is 5.02 Å². The number of rotatable bonds is 4. The maximum atomic E-state index is 11.3. The Balaban J connectivity index is 2.15. The Hall–Kier alpha value is -1.52. The molecule has 0 spiro atoms. The van der Waals surface area contributed by atoms with Gasteiger partial charge in [0.05, 0.1) is 5.56 Å². The third-order valence-corrected chi connectivity index (χ3v) is 3.28. The first-order valence-corrected chi connectivity index (χ1v) is 6.70. The molecule has 0 aliphatic rings. The van der Waals surface area contributed by atoms with Crippen LogP contribution in [0.5, 0.6) is 5.75 Å². The second kappa shape index (κ2) is 6.08. The minimum Gasteiger partial charge on any atom is -0.488 e. The predicted molar refractivity (Wildman–Crippen MR) is 78.4 cm³/mol. The molecule has 0 saturated carbocycles. The van der Waals surface area contributed by atoms with Crippen molar-refractivity contribution in [3.05, 3.63) is 63.1 Å². The highest BCUT2D eigenvalue weighted by atomic mass is 79.9. The molecule has 98 valence electrons. The van der Waals surface area contributed by atoms with Crippen molar-refractivity contribution in [2.75, 3.05) is 0 Å². The van der Waals surface area contributed by atoms with E-state index in [9.17, 15) is 4.79 Å². The van der Waals surface area contributed by atoms with Crippen molar-refractivity contribution >= 4 is 33.4 Å². The second-order valence-corrected chi connectivity index (χ2v) is 5.27. The molecule has 0 unspecified atom stereocenters. The lowest BCUT2D eigenvalue weighted by Crippen LogP contribution is -2.13. The number of ether oxygens (including phenoxy) is 1. The summed E-state index contributed by atoms with van der Waals surface area (Å²) in [5.74, 6) is -0.131. The van der Waals surface area contributed by atoms with Crippen molar-refractivity contribution in [1.82, 2.24) is 0 Å². The fraction of sp³-hybridized carbons (Fsp3) is 0.0714. The number of carbonyl (C=O) groups excluding carboxylic acids is 1. The van der Waals surface area contributed by atoms with Crippen LogP contribution in [-0.4, -0.2) is 5.91 Å². The van der Waals surface area contributed by atoms with Gasteiger partial charge in [-0.3, -0.25) is 4.79 Å². The van der Waals surface area contributed by atoms with Crippen molar-refractivity contribution in [2.45, 2.75) is 6.61 Å². The highest BCUT2D eigenvalue weighted by Crippen LogP contribution is 2.23. The van der Waals surface area contributed by atoms with E-state index in [1.807, 2.05) is 24.3 Å². The number of carbonyl (C=O) groups is 1. The minimum absolute atomic E-state index is 0.282. The molecule has 0 bridgehead atoms. The van der Waals surface area contributed by atoms with Gasteiger partial charge in [-0.15, -0.1) is 0 Å². The third kappa shape index (κ3) is 3.72. The van der Waals surface area contributed by atoms with Crippen LogP contribution < -0.4 is 10.5 Å². The first kappa shape index (κ1) is 13.9. The molecule has 0 atom stereocenters. The normalized spacial score (nSPS) is 10.2. The number of hydrogen-bond donors (Lipinski definition) is 1. The zero-order valence-electron chi connectivity index (χ0n) is 9.90. The molecule has 0 fully saturated rings. The quantitative estimate of drug-likeness (QED) is 0.921. The van der Waals surface area contributed by atoms with E-state index >= 15 is 0 Å². The van der Waals surface area contributed by atoms with Gasteiger partial charge in [0.2, 0.25) is 0 Å². The Morgan fingerprint density at radius 2 is 1.89 bits per heavy atom. The zero-order valence-corrected chi connectivity index (χ0v) is 12.2. The maximum Gasteiger partial charge on any atom is 0.252 e. The van der Waals surface area contributed by atoms with E-state index in [0.29, 0.717) is 17.4 Å². The van der Waals surface area contributed by atoms with Gasteiger partial charge in [-0.05, 0) is 35.9 Å². The molecule has 2 aromatic rings. The fourth-order valence-corrected chi connectivity index (χ4v) is 2.00. The number of hydrogen-bond acceptors (Lipinski definition) is 2. The van der Waals surface area contributed by atoms with Crippen molar-refractivity contribution in [1.29, 1.82) is 0 Å². The molecule has 0 saturated heterocycles. The minimum atomic E-state index is -0.562. The second-order valence-electron chi connectivity index (χ2n) is 3.92. The lowest BCUT2D eigenvalue weighted by Gasteiger charge is -2.10. The van der Waals surface area contributed by atoms with Crippen molar-refractivity contribution < 1.29 is 9.53 Å². The van der Waals surface area contributed by atoms with E-state index in [1.165, 1.54) is 6.07 Å². The molecule has 5 heteroatoms. The molecule has 2 aromatic carbocycles. The Morgan fingerprint density at radius 1 is 1.21 bits per heavy atom. The summed E-state index contributed by atoms with van der Waals surface area (Å²) in [6, 6.07) is 12.5. The van der Waals surface area contributed by atoms with Crippen LogP contribution in [0.3, 0.4) is 0 Å². The zero-order chi connectivity index (χ0) is 13.8. The average Bonchev–Trinajstić information content (AvgIpc) is 2.39. The first-order valence-electron chi connectivity index (χ1n) is 5.53. The Morgan fingerprint density at radius 3 is 2.53 bits per heavy atom. The van der Waals surface area contributed by atoms with E-state index in [1.54, 1.807) is 12.1 Å². The maximum absolute atomic E-state index is 11.3. The van der Waals surface area contributed by atoms with Crippen molar-refractivity contribution in [3.63, 3.8) is 0 Å². The molecule has 0 aromatic heterocycles. The van der Waals surface area contributed by atoms with E-state index in [0.717, 1.165) is 10.0 Å². The molecular formula is C14H11BrClNO2. The topological polar surface area (TPSA) is 52.3 Å². The van der Waals surface area contributed by atoms with Gasteiger partial charge in [0, 0.05) is 9.50 Å². The summed E-state index contributed by atoms with van der Waals surface area (Å²) in [6.45, 7) is 0.356. The Kier molecular flexibility index (Phi) is 4.45. The molecule has 0 aliphatic heterocycles. The third-order valence-electron chi connectivity index (χ3n) is 2.51. The SMILES string of the molecule is NC(=O)c1cc(Cl)ccc1OCc1ccc(Br)cc1. The van der Waals surface area contributed by atoms with Crippen LogP contribution in [0.4, 0.5) is 0 Å². The number of amides is 1. The molecule has 0 aliphatic carbocycles. The smallest absolute Gasteiger partial charge is 0.252 e. The largest absolute Gasteiger partial charge is 0.488 e. The van der Waals surface area contributed by atoms with Crippen LogP contribution in [0.15, 0.2) is 46.9 Å². The summed E-state index contributed by atoms with van der Waals surface area (Å²) in [7, 11) is 0. The summed E-state index contributed by atoms with van der Waals surface area (Å²) in [5, 5.41) is 0.449. The first-order chi connectivity index (χ1) is 9.06. The Bertz CT molecular complexity index is 599. The van der Waals surface area contributed by atoms with Crippen LogP contribution in [0, 0.1) is 0 Å². The van der Waals surface area contributed by atoms with Crippen LogP contribution in [-0.2, 0) is 6.61 Å². The van der Waals surface area contributed by atoms with Gasteiger partial charge in [0.1, 0.15) is 12.4 Å². The number of halogens is 2. The van der Waals surface area contributed by atoms with E-state index in [4.69, 9.17) is 22.1 Å². The monoisotopic (exact) mass is 339 g/mol. The van der Waals surface area contributed by atoms with Gasteiger partial charge in [-0.2, -0.15) is 0 Å². The number of benzene rings is 2. The summed E-state index contributed by atoms with van der Waals surface area (Å²) >= 11 is 9.19. The molecular weight excluding hydrogens is 330 g/mol. The molecule has 2 N–H and O–H groups in total. The van der Waals surface area contributed by atoms with Gasteiger partial charge < -0.3 is 10.5 Å². The molecule has 0 radical (unpaired) electrons. The summed E-state index contributed by atoms with van der Waals surface area (Å²) < 4.78 is 6.61. The lowest BCUT2D eigenvalue weighted by molar-refractivity contribution is 0.0996. The van der Waals surface area contributed by atoms with Crippen LogP contribution in [0.25, 0.3) is 0 Å². The average molecular weight is 341 g/mol. The van der Waals surface area contributed by atoms with E-state index in [2.05, 4.69) is 15.9 Å². The summed E-state index contributed by atoms with van der Waals surface area (Å²) in [4.78, 5) is 11.3. The highest BCUT2D eigenvalue weighted by molar-refractivity contribution is 9.10. The van der Waals surface area contributed by atoms with Crippen molar-refractivity contribution in [2.24, 2.45) is 5.73 Å². The predicted octanol–water partition coefficient (Wildman–Crippen LogP) is 3.78. The van der Waals surface area contributed by atoms with Gasteiger partial charge >= 0.3 is 0 Å². The van der Waals surface area contributed by atoms with Crippen molar-refractivity contribution in [3.8, 4) is 5.75 Å². The Labute approximate surface area is 124 Å².